The maximum Gasteiger partial charge on any atom is 0.333 e. The van der Waals surface area contributed by atoms with E-state index in [1.807, 2.05) is 0 Å². The molecule has 14 heavy (non-hydrogen) atoms. The summed E-state index contributed by atoms with van der Waals surface area (Å²) in [6.45, 7) is 1.92. The normalized spacial score (nSPS) is 11.1. The van der Waals surface area contributed by atoms with E-state index < -0.39 is 11.8 Å². The van der Waals surface area contributed by atoms with Gasteiger partial charge in [-0.3, -0.25) is 0 Å². The van der Waals surface area contributed by atoms with E-state index in [9.17, 15) is 9.18 Å². The second kappa shape index (κ2) is 5.17. The number of carbonyl (C=O) groups excluding carboxylic acids is 1. The highest BCUT2D eigenvalue weighted by Crippen LogP contribution is 2.14. The average molecular weight is 194 g/mol. The van der Waals surface area contributed by atoms with Crippen molar-refractivity contribution in [2.75, 3.05) is 6.61 Å². The molecule has 1 aromatic carbocycles. The van der Waals surface area contributed by atoms with E-state index in [1.165, 1.54) is 0 Å². The zero-order valence-corrected chi connectivity index (χ0v) is 7.87. The number of halogens is 1. The molecule has 1 rings (SSSR count). The van der Waals surface area contributed by atoms with Gasteiger partial charge in [0.25, 0.3) is 0 Å². The Balaban J connectivity index is 2.75. The fourth-order valence-corrected chi connectivity index (χ4v) is 0.968. The Bertz CT molecular complexity index is 330. The van der Waals surface area contributed by atoms with Crippen LogP contribution >= 0.6 is 0 Å². The van der Waals surface area contributed by atoms with Gasteiger partial charge < -0.3 is 4.74 Å². The van der Waals surface area contributed by atoms with Crippen molar-refractivity contribution in [3.05, 3.63) is 42.0 Å². The lowest BCUT2D eigenvalue weighted by Crippen LogP contribution is -1.99. The molecule has 0 N–H and O–H groups in total. The molecule has 74 valence electrons. The Morgan fingerprint density at radius 1 is 1.43 bits per heavy atom. The van der Waals surface area contributed by atoms with Crippen LogP contribution in [0.5, 0.6) is 0 Å². The van der Waals surface area contributed by atoms with Crippen LogP contribution in [0.1, 0.15) is 12.5 Å². The molecule has 0 spiro atoms. The van der Waals surface area contributed by atoms with Gasteiger partial charge in [-0.15, -0.1) is 0 Å². The molecule has 1 aromatic rings. The fourth-order valence-electron chi connectivity index (χ4n) is 0.968. The molecule has 0 aliphatic carbocycles. The quantitative estimate of drug-likeness (QED) is 0.546. The van der Waals surface area contributed by atoms with E-state index in [0.717, 1.165) is 6.08 Å². The van der Waals surface area contributed by atoms with E-state index in [4.69, 9.17) is 0 Å². The van der Waals surface area contributed by atoms with E-state index in [1.54, 1.807) is 37.3 Å². The van der Waals surface area contributed by atoms with E-state index in [2.05, 4.69) is 4.74 Å². The first-order chi connectivity index (χ1) is 6.74. The Kier molecular flexibility index (Phi) is 3.85. The number of hydrogen-bond acceptors (Lipinski definition) is 2. The fraction of sp³-hybridized carbons (Fsp3) is 0.182. The van der Waals surface area contributed by atoms with Gasteiger partial charge in [0.1, 0.15) is 5.83 Å². The second-order valence-corrected chi connectivity index (χ2v) is 2.61. The van der Waals surface area contributed by atoms with Crippen LogP contribution < -0.4 is 0 Å². The molecule has 2 nitrogen and oxygen atoms in total. The number of ether oxygens (including phenoxy) is 1. The lowest BCUT2D eigenvalue weighted by Gasteiger charge is -1.97. The van der Waals surface area contributed by atoms with Crippen molar-refractivity contribution >= 4 is 11.8 Å². The lowest BCUT2D eigenvalue weighted by atomic mass is 10.2. The summed E-state index contributed by atoms with van der Waals surface area (Å²) in [5.74, 6) is -1.24. The van der Waals surface area contributed by atoms with Crippen LogP contribution in [0.2, 0.25) is 0 Å². The van der Waals surface area contributed by atoms with Crippen LogP contribution in [0.4, 0.5) is 4.39 Å². The molecule has 0 atom stereocenters. The predicted octanol–water partition coefficient (Wildman–Crippen LogP) is 2.56. The van der Waals surface area contributed by atoms with Crippen molar-refractivity contribution in [2.45, 2.75) is 6.92 Å². The first-order valence-corrected chi connectivity index (χ1v) is 4.33. The van der Waals surface area contributed by atoms with E-state index in [-0.39, 0.29) is 6.61 Å². The van der Waals surface area contributed by atoms with Crippen molar-refractivity contribution < 1.29 is 13.9 Å². The minimum Gasteiger partial charge on any atom is -0.463 e. The third-order valence-corrected chi connectivity index (χ3v) is 1.58. The number of hydrogen-bond donors (Lipinski definition) is 0. The maximum atomic E-state index is 13.3. The van der Waals surface area contributed by atoms with Crippen LogP contribution in [-0.2, 0) is 9.53 Å². The molecule has 0 saturated carbocycles. The van der Waals surface area contributed by atoms with Crippen LogP contribution in [0.3, 0.4) is 0 Å². The van der Waals surface area contributed by atoms with Gasteiger partial charge in [0.05, 0.1) is 12.7 Å². The third-order valence-electron chi connectivity index (χ3n) is 1.58. The minimum atomic E-state index is -0.658. The van der Waals surface area contributed by atoms with Gasteiger partial charge in [0, 0.05) is 5.56 Å². The molecule has 0 aliphatic rings. The van der Waals surface area contributed by atoms with Gasteiger partial charge in [-0.1, -0.05) is 30.3 Å². The molecule has 3 heteroatoms. The highest BCUT2D eigenvalue weighted by molar-refractivity contribution is 5.89. The molecular weight excluding hydrogens is 183 g/mol. The molecule has 0 bridgehead atoms. The Morgan fingerprint density at radius 2 is 2.07 bits per heavy atom. The zero-order valence-electron chi connectivity index (χ0n) is 7.87. The SMILES string of the molecule is CCOC(=O)/C=C(\F)c1ccccc1. The summed E-state index contributed by atoms with van der Waals surface area (Å²) in [6.07, 6.45) is 0.846. The molecule has 0 unspecified atom stereocenters. The molecular formula is C11H11FO2. The second-order valence-electron chi connectivity index (χ2n) is 2.61. The van der Waals surface area contributed by atoms with Gasteiger partial charge in [-0.2, -0.15) is 0 Å². The zero-order chi connectivity index (χ0) is 10.4. The maximum absolute atomic E-state index is 13.3. The highest BCUT2D eigenvalue weighted by atomic mass is 19.1. The van der Waals surface area contributed by atoms with E-state index in [0.29, 0.717) is 5.56 Å². The molecule has 0 saturated heterocycles. The third kappa shape index (κ3) is 3.01. The van der Waals surface area contributed by atoms with Crippen LogP contribution in [0.25, 0.3) is 5.83 Å². The van der Waals surface area contributed by atoms with Crippen LogP contribution in [0, 0.1) is 0 Å². The van der Waals surface area contributed by atoms with Gasteiger partial charge in [0.2, 0.25) is 0 Å². The molecule has 0 amide bonds. The summed E-state index contributed by atoms with van der Waals surface area (Å²) in [5.41, 5.74) is 0.376. The van der Waals surface area contributed by atoms with Crippen molar-refractivity contribution in [3.8, 4) is 0 Å². The molecule has 0 aliphatic heterocycles. The smallest absolute Gasteiger partial charge is 0.333 e. The summed E-state index contributed by atoms with van der Waals surface area (Å²) in [5, 5.41) is 0. The predicted molar refractivity (Wildman–Crippen MR) is 52.2 cm³/mol. The van der Waals surface area contributed by atoms with Crippen molar-refractivity contribution in [2.24, 2.45) is 0 Å². The Labute approximate surface area is 82.0 Å². The lowest BCUT2D eigenvalue weighted by molar-refractivity contribution is -0.137. The first kappa shape index (κ1) is 10.4. The van der Waals surface area contributed by atoms with Gasteiger partial charge in [0.15, 0.2) is 0 Å². The standard InChI is InChI=1S/C11H11FO2/c1-2-14-11(13)8-10(12)9-6-4-3-5-7-9/h3-8H,2H2,1H3/b10-8-. The number of rotatable bonds is 3. The van der Waals surface area contributed by atoms with Crippen molar-refractivity contribution in [1.82, 2.24) is 0 Å². The minimum absolute atomic E-state index is 0.247. The van der Waals surface area contributed by atoms with Crippen LogP contribution in [-0.4, -0.2) is 12.6 Å². The van der Waals surface area contributed by atoms with Gasteiger partial charge in [-0.25, -0.2) is 9.18 Å². The largest absolute Gasteiger partial charge is 0.463 e. The summed E-state index contributed by atoms with van der Waals surface area (Å²) in [4.78, 5) is 10.9. The first-order valence-electron chi connectivity index (χ1n) is 4.33. The van der Waals surface area contributed by atoms with Gasteiger partial charge in [-0.05, 0) is 6.92 Å². The number of esters is 1. The summed E-state index contributed by atoms with van der Waals surface area (Å²) in [7, 11) is 0. The number of carbonyl (C=O) groups is 1. The Morgan fingerprint density at radius 3 is 2.64 bits per heavy atom. The Hall–Kier alpha value is -1.64. The van der Waals surface area contributed by atoms with Crippen LogP contribution in [0.15, 0.2) is 36.4 Å². The highest BCUT2D eigenvalue weighted by Gasteiger charge is 2.03. The van der Waals surface area contributed by atoms with Gasteiger partial charge >= 0.3 is 5.97 Å². The number of benzene rings is 1. The summed E-state index contributed by atoms with van der Waals surface area (Å²) >= 11 is 0. The van der Waals surface area contributed by atoms with Crippen molar-refractivity contribution in [3.63, 3.8) is 0 Å². The molecule has 0 radical (unpaired) electrons. The summed E-state index contributed by atoms with van der Waals surface area (Å²) < 4.78 is 17.8. The molecule has 0 aromatic heterocycles. The average Bonchev–Trinajstić information content (AvgIpc) is 2.19. The topological polar surface area (TPSA) is 26.3 Å². The monoisotopic (exact) mass is 194 g/mol. The van der Waals surface area contributed by atoms with E-state index >= 15 is 0 Å². The summed E-state index contributed by atoms with van der Waals surface area (Å²) in [6, 6.07) is 8.36. The molecule has 0 heterocycles. The van der Waals surface area contributed by atoms with Crippen molar-refractivity contribution in [1.29, 1.82) is 0 Å². The molecule has 0 fully saturated rings.